The lowest BCUT2D eigenvalue weighted by Gasteiger charge is -2.17. The molecule has 46 heavy (non-hydrogen) atoms. The SMILES string of the molecule is CC1(C)OCC(CO)O1.CCCCCCCCCCCC(=S)OCC1COC(C)(C)O1.CCCCCCCCCCCC(=S)SC. The van der Waals surface area contributed by atoms with Gasteiger partial charge in [-0.1, -0.05) is 129 Å². The first-order valence-corrected chi connectivity index (χ1v) is 20.5. The van der Waals surface area contributed by atoms with E-state index in [0.717, 1.165) is 24.3 Å². The Morgan fingerprint density at radius 2 is 1.04 bits per heavy atom. The molecule has 0 aromatic heterocycles. The van der Waals surface area contributed by atoms with Crippen molar-refractivity contribution in [2.45, 2.75) is 194 Å². The number of thiocarbonyl (C=S) groups is 2. The van der Waals surface area contributed by atoms with Crippen LogP contribution in [0.25, 0.3) is 0 Å². The Labute approximate surface area is 299 Å². The number of hydrogen-bond acceptors (Lipinski definition) is 9. The van der Waals surface area contributed by atoms with E-state index in [0.29, 0.717) is 19.8 Å². The molecule has 2 rings (SSSR count). The molecule has 2 unspecified atom stereocenters. The largest absolute Gasteiger partial charge is 0.484 e. The minimum Gasteiger partial charge on any atom is -0.484 e. The third-order valence-electron chi connectivity index (χ3n) is 7.97. The molecular weight excluding hydrogens is 637 g/mol. The molecule has 1 N–H and O–H groups in total. The first-order chi connectivity index (χ1) is 22.0. The Bertz CT molecular complexity index is 734. The fourth-order valence-corrected chi connectivity index (χ4v) is 5.92. The highest BCUT2D eigenvalue weighted by atomic mass is 32.2. The van der Waals surface area contributed by atoms with Crippen molar-refractivity contribution in [3.63, 3.8) is 0 Å². The quantitative estimate of drug-likeness (QED) is 0.0825. The zero-order valence-electron chi connectivity index (χ0n) is 30.8. The second-order valence-electron chi connectivity index (χ2n) is 13.5. The molecular formula is C37H72O6S3. The van der Waals surface area contributed by atoms with Gasteiger partial charge in [0.15, 0.2) is 16.6 Å². The van der Waals surface area contributed by atoms with E-state index in [-0.39, 0.29) is 18.8 Å². The standard InChI is InChI=1S/C18H34O3S.C13H26S2.C6H12O3/c1-4-5-6-7-8-9-10-11-12-13-17(22)19-14-16-15-20-18(2,3)21-16;1-3-4-5-6-7-8-9-10-11-12-13(14)15-2;1-6(2)8-4-5(3-7)9-6/h16H,4-15H2,1-3H3;3-12H2,1-2H3;5,7H,3-4H2,1-2H3. The third-order valence-corrected chi connectivity index (χ3v) is 9.65. The molecule has 0 aliphatic carbocycles. The van der Waals surface area contributed by atoms with Crippen LogP contribution in [0.15, 0.2) is 0 Å². The molecule has 274 valence electrons. The van der Waals surface area contributed by atoms with Gasteiger partial charge in [-0.25, -0.2) is 0 Å². The molecule has 0 radical (unpaired) electrons. The van der Waals surface area contributed by atoms with Gasteiger partial charge in [0.1, 0.15) is 18.8 Å². The van der Waals surface area contributed by atoms with E-state index in [1.54, 1.807) is 11.8 Å². The van der Waals surface area contributed by atoms with Crippen molar-refractivity contribution in [1.29, 1.82) is 0 Å². The molecule has 6 nitrogen and oxygen atoms in total. The lowest BCUT2D eigenvalue weighted by Crippen LogP contribution is -2.24. The first kappa shape index (κ1) is 46.1. The summed E-state index contributed by atoms with van der Waals surface area (Å²) in [7, 11) is 0. The molecule has 2 aliphatic heterocycles. The zero-order chi connectivity index (χ0) is 34.5. The van der Waals surface area contributed by atoms with Crippen LogP contribution in [0.1, 0.15) is 170 Å². The third kappa shape index (κ3) is 29.1. The second kappa shape index (κ2) is 30.0. The Kier molecular flexibility index (Phi) is 30.1. The van der Waals surface area contributed by atoms with Gasteiger partial charge >= 0.3 is 0 Å². The predicted molar refractivity (Wildman–Crippen MR) is 205 cm³/mol. The van der Waals surface area contributed by atoms with E-state index < -0.39 is 11.6 Å². The molecule has 9 heteroatoms. The van der Waals surface area contributed by atoms with E-state index in [1.165, 1.54) is 113 Å². The average molecular weight is 709 g/mol. The zero-order valence-corrected chi connectivity index (χ0v) is 33.3. The van der Waals surface area contributed by atoms with Crippen LogP contribution in [0.5, 0.6) is 0 Å². The highest BCUT2D eigenvalue weighted by Crippen LogP contribution is 2.23. The van der Waals surface area contributed by atoms with Crippen LogP contribution in [0.4, 0.5) is 0 Å². The molecule has 2 atom stereocenters. The molecule has 0 saturated carbocycles. The van der Waals surface area contributed by atoms with Gasteiger partial charge in [0.05, 0.1) is 19.8 Å². The number of thioether (sulfide) groups is 1. The van der Waals surface area contributed by atoms with Crippen LogP contribution in [0.3, 0.4) is 0 Å². The van der Waals surface area contributed by atoms with E-state index in [1.807, 2.05) is 27.7 Å². The molecule has 0 bridgehead atoms. The normalized spacial score (nSPS) is 19.6. The Hall–Kier alpha value is 0.130. The maximum absolute atomic E-state index is 8.59. The summed E-state index contributed by atoms with van der Waals surface area (Å²) in [6.45, 7) is 13.7. The Balaban J connectivity index is 0.000000725. The van der Waals surface area contributed by atoms with Crippen molar-refractivity contribution in [2.24, 2.45) is 0 Å². The second-order valence-corrected chi connectivity index (χ2v) is 15.6. The Morgan fingerprint density at radius 1 is 0.652 bits per heavy atom. The van der Waals surface area contributed by atoms with Crippen LogP contribution in [-0.4, -0.2) is 70.8 Å². The number of ether oxygens (including phenoxy) is 5. The monoisotopic (exact) mass is 708 g/mol. The maximum atomic E-state index is 8.59. The topological polar surface area (TPSA) is 66.4 Å². The van der Waals surface area contributed by atoms with Gasteiger partial charge in [-0.3, -0.25) is 0 Å². The van der Waals surface area contributed by atoms with E-state index in [9.17, 15) is 0 Å². The minimum atomic E-state index is -0.493. The van der Waals surface area contributed by atoms with Crippen LogP contribution in [-0.2, 0) is 23.7 Å². The van der Waals surface area contributed by atoms with Crippen LogP contribution in [0.2, 0.25) is 0 Å². The molecule has 2 heterocycles. The Morgan fingerprint density at radius 3 is 1.39 bits per heavy atom. The summed E-state index contributed by atoms with van der Waals surface area (Å²) in [6.07, 6.45) is 28.6. The smallest absolute Gasteiger partial charge is 0.163 e. The van der Waals surface area contributed by atoms with Crippen molar-refractivity contribution in [3.8, 4) is 0 Å². The summed E-state index contributed by atoms with van der Waals surface area (Å²) in [5.74, 6) is -0.972. The van der Waals surface area contributed by atoms with Crippen LogP contribution < -0.4 is 0 Å². The summed E-state index contributed by atoms with van der Waals surface area (Å²) in [4.78, 5) is 0. The van der Waals surface area contributed by atoms with Gasteiger partial charge < -0.3 is 28.8 Å². The van der Waals surface area contributed by atoms with E-state index in [4.69, 9.17) is 53.2 Å². The van der Waals surface area contributed by atoms with Gasteiger partial charge in [-0.05, 0) is 65.4 Å². The molecule has 0 amide bonds. The summed E-state index contributed by atoms with van der Waals surface area (Å²) < 4.78 is 28.4. The molecule has 2 saturated heterocycles. The fraction of sp³-hybridized carbons (Fsp3) is 0.946. The average Bonchev–Trinajstić information content (AvgIpc) is 3.58. The number of rotatable bonds is 23. The molecule has 0 spiro atoms. The molecule has 0 aromatic rings. The lowest BCUT2D eigenvalue weighted by atomic mass is 10.1. The van der Waals surface area contributed by atoms with E-state index >= 15 is 0 Å². The van der Waals surface area contributed by atoms with Crippen molar-refractivity contribution in [2.75, 3.05) is 32.7 Å². The van der Waals surface area contributed by atoms with Gasteiger partial charge in [0, 0.05) is 10.6 Å². The van der Waals surface area contributed by atoms with Gasteiger partial charge in [-0.15, -0.1) is 11.8 Å². The van der Waals surface area contributed by atoms with Crippen molar-refractivity contribution >= 4 is 45.4 Å². The minimum absolute atomic E-state index is 0.0103. The summed E-state index contributed by atoms with van der Waals surface area (Å²) >= 11 is 12.2. The van der Waals surface area contributed by atoms with Crippen molar-refractivity contribution in [1.82, 2.24) is 0 Å². The highest BCUT2D eigenvalue weighted by molar-refractivity contribution is 8.22. The van der Waals surface area contributed by atoms with Gasteiger partial charge in [0.2, 0.25) is 0 Å². The lowest BCUT2D eigenvalue weighted by molar-refractivity contribution is -0.142. The summed E-state index contributed by atoms with van der Waals surface area (Å²) in [5, 5.41) is 9.31. The number of unbranched alkanes of at least 4 members (excludes halogenated alkanes) is 16. The predicted octanol–water partition coefficient (Wildman–Crippen LogP) is 11.1. The molecule has 0 aromatic carbocycles. The number of hydrogen-bond donors (Lipinski definition) is 1. The van der Waals surface area contributed by atoms with Crippen LogP contribution >= 0.6 is 36.2 Å². The number of aliphatic hydroxyl groups is 1. The summed E-state index contributed by atoms with van der Waals surface area (Å²) in [6, 6.07) is 0. The fourth-order valence-electron chi connectivity index (χ4n) is 5.22. The van der Waals surface area contributed by atoms with Gasteiger partial charge in [0.25, 0.3) is 0 Å². The summed E-state index contributed by atoms with van der Waals surface area (Å²) in [5.41, 5.74) is 0. The van der Waals surface area contributed by atoms with Crippen LogP contribution in [0, 0.1) is 0 Å². The molecule has 2 aliphatic rings. The van der Waals surface area contributed by atoms with Crippen molar-refractivity contribution < 1.29 is 28.8 Å². The highest BCUT2D eigenvalue weighted by Gasteiger charge is 2.33. The van der Waals surface area contributed by atoms with Crippen molar-refractivity contribution in [3.05, 3.63) is 0 Å². The molecule has 2 fully saturated rings. The first-order valence-electron chi connectivity index (χ1n) is 18.4. The van der Waals surface area contributed by atoms with Gasteiger partial charge in [-0.2, -0.15) is 0 Å². The van der Waals surface area contributed by atoms with E-state index in [2.05, 4.69) is 20.1 Å². The maximum Gasteiger partial charge on any atom is 0.163 e. The number of aliphatic hydroxyl groups excluding tert-OH is 1.